The maximum atomic E-state index is 11.3. The number of hydrogen-bond donors (Lipinski definition) is 1. The first-order valence-corrected chi connectivity index (χ1v) is 5.49. The molecule has 0 saturated heterocycles. The van der Waals surface area contributed by atoms with Crippen molar-refractivity contribution in [2.45, 2.75) is 50.9 Å². The minimum absolute atomic E-state index is 0.0274. The van der Waals surface area contributed by atoms with Crippen molar-refractivity contribution in [3.05, 3.63) is 0 Å². The molecule has 13 heavy (non-hydrogen) atoms. The van der Waals surface area contributed by atoms with Crippen LogP contribution in [0.15, 0.2) is 0 Å². The van der Waals surface area contributed by atoms with Gasteiger partial charge in [-0.15, -0.1) is 11.6 Å². The standard InChI is InChI=1S/C10H18ClNO/c1-7-5-3-4-6-9(7)12-10(13)8(2)11/h7-9H,3-6H2,1-2H3,(H,12,13)/t7-,8-,9+/m1/s1. The van der Waals surface area contributed by atoms with Gasteiger partial charge in [0.2, 0.25) is 5.91 Å². The summed E-state index contributed by atoms with van der Waals surface area (Å²) in [5, 5.41) is 2.59. The molecule has 0 bridgehead atoms. The molecule has 0 aromatic rings. The van der Waals surface area contributed by atoms with Crippen LogP contribution in [-0.4, -0.2) is 17.3 Å². The maximum absolute atomic E-state index is 11.3. The molecule has 0 aromatic heterocycles. The second-order valence-corrected chi connectivity index (χ2v) is 4.65. The Hall–Kier alpha value is -0.240. The van der Waals surface area contributed by atoms with E-state index in [-0.39, 0.29) is 5.91 Å². The van der Waals surface area contributed by atoms with Crippen LogP contribution in [0.25, 0.3) is 0 Å². The highest BCUT2D eigenvalue weighted by molar-refractivity contribution is 6.30. The Balaban J connectivity index is 2.38. The quantitative estimate of drug-likeness (QED) is 0.686. The lowest BCUT2D eigenvalue weighted by Gasteiger charge is -2.29. The van der Waals surface area contributed by atoms with Gasteiger partial charge in [-0.1, -0.05) is 19.8 Å². The van der Waals surface area contributed by atoms with Gasteiger partial charge in [-0.25, -0.2) is 0 Å². The van der Waals surface area contributed by atoms with Crippen LogP contribution in [0.2, 0.25) is 0 Å². The Bertz CT molecular complexity index is 182. The van der Waals surface area contributed by atoms with Crippen molar-refractivity contribution < 1.29 is 4.79 Å². The van der Waals surface area contributed by atoms with Crippen LogP contribution < -0.4 is 5.32 Å². The molecule has 1 aliphatic carbocycles. The SMILES string of the molecule is C[C@@H]1CCCC[C@@H]1NC(=O)[C@@H](C)Cl. The predicted octanol–water partition coefficient (Wildman–Crippen LogP) is 2.31. The van der Waals surface area contributed by atoms with E-state index in [1.54, 1.807) is 6.92 Å². The number of hydrogen-bond acceptors (Lipinski definition) is 1. The second-order valence-electron chi connectivity index (χ2n) is 3.99. The molecular weight excluding hydrogens is 186 g/mol. The molecule has 0 heterocycles. The third-order valence-electron chi connectivity index (χ3n) is 2.80. The molecule has 3 heteroatoms. The highest BCUT2D eigenvalue weighted by Gasteiger charge is 2.23. The van der Waals surface area contributed by atoms with Gasteiger partial charge in [-0.05, 0) is 25.7 Å². The summed E-state index contributed by atoms with van der Waals surface area (Å²) < 4.78 is 0. The second kappa shape index (κ2) is 4.85. The topological polar surface area (TPSA) is 29.1 Å². The van der Waals surface area contributed by atoms with Gasteiger partial charge in [0.15, 0.2) is 0 Å². The Labute approximate surface area is 85.0 Å². The van der Waals surface area contributed by atoms with Crippen molar-refractivity contribution in [2.75, 3.05) is 0 Å². The summed E-state index contributed by atoms with van der Waals surface area (Å²) >= 11 is 5.68. The van der Waals surface area contributed by atoms with Crippen molar-refractivity contribution in [3.8, 4) is 0 Å². The third kappa shape index (κ3) is 3.18. The molecule has 0 aliphatic heterocycles. The van der Waals surface area contributed by atoms with Crippen LogP contribution in [0.5, 0.6) is 0 Å². The summed E-state index contributed by atoms with van der Waals surface area (Å²) in [5.74, 6) is 0.577. The summed E-state index contributed by atoms with van der Waals surface area (Å²) in [4.78, 5) is 11.3. The first-order valence-electron chi connectivity index (χ1n) is 5.05. The van der Waals surface area contributed by atoms with Gasteiger partial charge in [0.25, 0.3) is 0 Å². The van der Waals surface area contributed by atoms with E-state index in [9.17, 15) is 4.79 Å². The highest BCUT2D eigenvalue weighted by Crippen LogP contribution is 2.23. The summed E-state index contributed by atoms with van der Waals surface area (Å²) in [6.45, 7) is 3.91. The summed E-state index contributed by atoms with van der Waals surface area (Å²) in [7, 11) is 0. The molecule has 1 rings (SSSR count). The summed E-state index contributed by atoms with van der Waals surface area (Å²) in [6.07, 6.45) is 4.86. The van der Waals surface area contributed by atoms with Crippen LogP contribution in [0.1, 0.15) is 39.5 Å². The smallest absolute Gasteiger partial charge is 0.237 e. The predicted molar refractivity (Wildman–Crippen MR) is 54.9 cm³/mol. The Kier molecular flexibility index (Phi) is 4.04. The number of nitrogens with one attached hydrogen (secondary N) is 1. The number of carbonyl (C=O) groups excluding carboxylic acids is 1. The number of amides is 1. The minimum Gasteiger partial charge on any atom is -0.352 e. The molecule has 1 saturated carbocycles. The molecule has 1 amide bonds. The van der Waals surface area contributed by atoms with Crippen LogP contribution >= 0.6 is 11.6 Å². The molecule has 76 valence electrons. The molecule has 3 atom stereocenters. The minimum atomic E-state index is -0.408. The highest BCUT2D eigenvalue weighted by atomic mass is 35.5. The van der Waals surface area contributed by atoms with Gasteiger partial charge in [0.05, 0.1) is 0 Å². The van der Waals surface area contributed by atoms with Gasteiger partial charge in [0, 0.05) is 6.04 Å². The van der Waals surface area contributed by atoms with E-state index in [4.69, 9.17) is 11.6 Å². The van der Waals surface area contributed by atoms with Crippen molar-refractivity contribution in [2.24, 2.45) is 5.92 Å². The Morgan fingerprint density at radius 1 is 1.46 bits per heavy atom. The zero-order valence-electron chi connectivity index (χ0n) is 8.35. The van der Waals surface area contributed by atoms with Gasteiger partial charge < -0.3 is 5.32 Å². The lowest BCUT2D eigenvalue weighted by molar-refractivity contribution is -0.121. The molecular formula is C10H18ClNO. The van der Waals surface area contributed by atoms with Crippen molar-refractivity contribution >= 4 is 17.5 Å². The molecule has 2 nitrogen and oxygen atoms in total. The monoisotopic (exact) mass is 203 g/mol. The first kappa shape index (κ1) is 10.8. The molecule has 1 N–H and O–H groups in total. The largest absolute Gasteiger partial charge is 0.352 e. The zero-order valence-corrected chi connectivity index (χ0v) is 9.10. The number of carbonyl (C=O) groups is 1. The third-order valence-corrected chi connectivity index (χ3v) is 3.00. The molecule has 0 spiro atoms. The lowest BCUT2D eigenvalue weighted by atomic mass is 9.86. The first-order chi connectivity index (χ1) is 6.11. The van der Waals surface area contributed by atoms with E-state index in [1.807, 2.05) is 0 Å². The average molecular weight is 204 g/mol. The van der Waals surface area contributed by atoms with E-state index < -0.39 is 5.38 Å². The van der Waals surface area contributed by atoms with E-state index in [2.05, 4.69) is 12.2 Å². The zero-order chi connectivity index (χ0) is 9.84. The van der Waals surface area contributed by atoms with E-state index in [0.717, 1.165) is 6.42 Å². The van der Waals surface area contributed by atoms with E-state index in [0.29, 0.717) is 12.0 Å². The molecule has 0 aromatic carbocycles. The average Bonchev–Trinajstić information content (AvgIpc) is 2.08. The van der Waals surface area contributed by atoms with Crippen molar-refractivity contribution in [3.63, 3.8) is 0 Å². The molecule has 0 radical (unpaired) electrons. The number of halogens is 1. The van der Waals surface area contributed by atoms with Crippen LogP contribution in [0.3, 0.4) is 0 Å². The van der Waals surface area contributed by atoms with Crippen molar-refractivity contribution in [1.29, 1.82) is 0 Å². The Morgan fingerprint density at radius 2 is 2.08 bits per heavy atom. The number of rotatable bonds is 2. The maximum Gasteiger partial charge on any atom is 0.237 e. The molecule has 1 aliphatic rings. The lowest BCUT2D eigenvalue weighted by Crippen LogP contribution is -2.43. The molecule has 0 unspecified atom stereocenters. The van der Waals surface area contributed by atoms with Crippen molar-refractivity contribution in [1.82, 2.24) is 5.32 Å². The van der Waals surface area contributed by atoms with Gasteiger partial charge >= 0.3 is 0 Å². The van der Waals surface area contributed by atoms with Gasteiger partial charge in [-0.2, -0.15) is 0 Å². The summed E-state index contributed by atoms with van der Waals surface area (Å²) in [6, 6.07) is 0.349. The Morgan fingerprint density at radius 3 is 2.62 bits per heavy atom. The fourth-order valence-electron chi connectivity index (χ4n) is 1.83. The summed E-state index contributed by atoms with van der Waals surface area (Å²) in [5.41, 5.74) is 0. The van der Waals surface area contributed by atoms with Crippen LogP contribution in [0.4, 0.5) is 0 Å². The van der Waals surface area contributed by atoms with E-state index >= 15 is 0 Å². The molecule has 1 fully saturated rings. The normalized spacial score (nSPS) is 31.0. The van der Waals surface area contributed by atoms with Gasteiger partial charge in [0.1, 0.15) is 5.38 Å². The van der Waals surface area contributed by atoms with Gasteiger partial charge in [-0.3, -0.25) is 4.79 Å². The van der Waals surface area contributed by atoms with Crippen LogP contribution in [0, 0.1) is 5.92 Å². The van der Waals surface area contributed by atoms with E-state index in [1.165, 1.54) is 19.3 Å². The van der Waals surface area contributed by atoms with Crippen LogP contribution in [-0.2, 0) is 4.79 Å². The fourth-order valence-corrected chi connectivity index (χ4v) is 1.89. The fraction of sp³-hybridized carbons (Fsp3) is 0.900. The number of alkyl halides is 1.